The van der Waals surface area contributed by atoms with Crippen molar-refractivity contribution in [2.75, 3.05) is 19.0 Å². The summed E-state index contributed by atoms with van der Waals surface area (Å²) in [6, 6.07) is 14.0. The van der Waals surface area contributed by atoms with Crippen LogP contribution in [0.4, 0.5) is 5.69 Å². The number of thiazole rings is 1. The number of fused-ring (bicyclic) bond motifs is 1. The Hall–Kier alpha value is -2.66. The number of aromatic nitrogens is 1. The fourth-order valence-corrected chi connectivity index (χ4v) is 3.98. The quantitative estimate of drug-likeness (QED) is 0.596. The Kier molecular flexibility index (Phi) is 5.61. The van der Waals surface area contributed by atoms with E-state index in [0.29, 0.717) is 22.8 Å². The third kappa shape index (κ3) is 4.03. The second-order valence-electron chi connectivity index (χ2n) is 7.02. The van der Waals surface area contributed by atoms with Gasteiger partial charge in [-0.3, -0.25) is 4.79 Å². The zero-order chi connectivity index (χ0) is 19.6. The van der Waals surface area contributed by atoms with Crippen molar-refractivity contribution in [3.8, 4) is 0 Å². The number of anilines is 1. The molecule has 0 unspecified atom stereocenters. The molecule has 0 spiro atoms. The molecule has 0 aliphatic rings. The minimum absolute atomic E-state index is 0.228. The fraction of sp³-hybridized carbons (Fsp3) is 0.273. The van der Waals surface area contributed by atoms with E-state index in [1.807, 2.05) is 53.9 Å². The standard InChI is InChI=1S/C22H25N3OS/c1-6-13-25-19-12-9-17(15(2)3)14-20(19)27-22(25)23-21(26)16-7-10-18(11-8-16)24(4)5/h6-12,14-15H,1,13H2,2-5H3. The lowest BCUT2D eigenvalue weighted by molar-refractivity contribution is 0.0998. The number of amides is 1. The number of benzene rings is 2. The van der Waals surface area contributed by atoms with Gasteiger partial charge in [-0.25, -0.2) is 0 Å². The monoisotopic (exact) mass is 379 g/mol. The molecule has 27 heavy (non-hydrogen) atoms. The van der Waals surface area contributed by atoms with E-state index >= 15 is 0 Å². The zero-order valence-corrected chi connectivity index (χ0v) is 17.1. The molecule has 0 bridgehead atoms. The number of nitrogens with zero attached hydrogens (tertiary/aromatic N) is 3. The summed E-state index contributed by atoms with van der Waals surface area (Å²) in [4.78, 5) is 19.8. The number of allylic oxidation sites excluding steroid dienone is 1. The van der Waals surface area contributed by atoms with E-state index in [-0.39, 0.29) is 5.91 Å². The van der Waals surface area contributed by atoms with Crippen molar-refractivity contribution in [3.63, 3.8) is 0 Å². The van der Waals surface area contributed by atoms with Crippen LogP contribution in [0.5, 0.6) is 0 Å². The first-order valence-corrected chi connectivity index (χ1v) is 9.83. The number of rotatable bonds is 5. The first kappa shape index (κ1) is 19.1. The molecule has 2 aromatic carbocycles. The molecular formula is C22H25N3OS. The highest BCUT2D eigenvalue weighted by Gasteiger charge is 2.10. The van der Waals surface area contributed by atoms with Gasteiger partial charge in [-0.15, -0.1) is 6.58 Å². The van der Waals surface area contributed by atoms with Crippen LogP contribution in [-0.4, -0.2) is 24.6 Å². The van der Waals surface area contributed by atoms with Gasteiger partial charge in [0.1, 0.15) is 0 Å². The molecule has 1 aromatic heterocycles. The summed E-state index contributed by atoms with van der Waals surface area (Å²) in [5.74, 6) is 0.232. The van der Waals surface area contributed by atoms with Crippen LogP contribution in [0.25, 0.3) is 10.2 Å². The summed E-state index contributed by atoms with van der Waals surface area (Å²) in [6.45, 7) is 8.82. The van der Waals surface area contributed by atoms with Gasteiger partial charge in [-0.1, -0.05) is 37.3 Å². The third-order valence-corrected chi connectivity index (χ3v) is 5.55. The van der Waals surface area contributed by atoms with Crippen molar-refractivity contribution in [2.24, 2.45) is 4.99 Å². The van der Waals surface area contributed by atoms with Crippen molar-refractivity contribution in [3.05, 3.63) is 71.0 Å². The zero-order valence-electron chi connectivity index (χ0n) is 16.3. The summed E-state index contributed by atoms with van der Waals surface area (Å²) in [6.07, 6.45) is 1.83. The van der Waals surface area contributed by atoms with Gasteiger partial charge in [0.25, 0.3) is 5.91 Å². The molecule has 1 amide bonds. The van der Waals surface area contributed by atoms with Crippen LogP contribution < -0.4 is 9.70 Å². The van der Waals surface area contributed by atoms with Gasteiger partial charge in [0.2, 0.25) is 0 Å². The van der Waals surface area contributed by atoms with Gasteiger partial charge < -0.3 is 9.47 Å². The Morgan fingerprint density at radius 1 is 1.22 bits per heavy atom. The van der Waals surface area contributed by atoms with Crippen LogP contribution in [0.15, 0.2) is 60.1 Å². The predicted octanol–water partition coefficient (Wildman–Crippen LogP) is 4.82. The number of hydrogen-bond donors (Lipinski definition) is 0. The molecule has 0 atom stereocenters. The van der Waals surface area contributed by atoms with Crippen molar-refractivity contribution in [1.82, 2.24) is 4.57 Å². The van der Waals surface area contributed by atoms with Crippen molar-refractivity contribution < 1.29 is 4.79 Å². The van der Waals surface area contributed by atoms with E-state index in [2.05, 4.69) is 43.6 Å². The van der Waals surface area contributed by atoms with Crippen LogP contribution in [0, 0.1) is 0 Å². The Balaban J connectivity index is 2.06. The maximum atomic E-state index is 12.7. The van der Waals surface area contributed by atoms with Crippen LogP contribution in [0.1, 0.15) is 35.7 Å². The Labute approximate surface area is 164 Å². The van der Waals surface area contributed by atoms with Crippen molar-refractivity contribution in [2.45, 2.75) is 26.3 Å². The molecular weight excluding hydrogens is 354 g/mol. The molecule has 0 fully saturated rings. The molecule has 1 heterocycles. The first-order chi connectivity index (χ1) is 12.9. The predicted molar refractivity (Wildman–Crippen MR) is 115 cm³/mol. The van der Waals surface area contributed by atoms with Crippen LogP contribution in [-0.2, 0) is 6.54 Å². The lowest BCUT2D eigenvalue weighted by atomic mass is 10.0. The van der Waals surface area contributed by atoms with Crippen LogP contribution >= 0.6 is 11.3 Å². The van der Waals surface area contributed by atoms with E-state index in [4.69, 9.17) is 0 Å². The lowest BCUT2D eigenvalue weighted by Crippen LogP contribution is -2.16. The molecule has 0 saturated carbocycles. The third-order valence-electron chi connectivity index (χ3n) is 4.51. The van der Waals surface area contributed by atoms with Gasteiger partial charge in [0.15, 0.2) is 4.80 Å². The topological polar surface area (TPSA) is 37.6 Å². The molecule has 0 N–H and O–H groups in total. The Morgan fingerprint density at radius 2 is 1.93 bits per heavy atom. The molecule has 0 aliphatic heterocycles. The Morgan fingerprint density at radius 3 is 2.52 bits per heavy atom. The molecule has 4 nitrogen and oxygen atoms in total. The Bertz CT molecular complexity index is 1040. The van der Waals surface area contributed by atoms with E-state index in [9.17, 15) is 4.79 Å². The maximum Gasteiger partial charge on any atom is 0.279 e. The number of hydrogen-bond acceptors (Lipinski definition) is 3. The van der Waals surface area contributed by atoms with E-state index < -0.39 is 0 Å². The van der Waals surface area contributed by atoms with Gasteiger partial charge >= 0.3 is 0 Å². The average molecular weight is 380 g/mol. The van der Waals surface area contributed by atoms with Gasteiger partial charge in [0.05, 0.1) is 10.2 Å². The largest absolute Gasteiger partial charge is 0.378 e. The van der Waals surface area contributed by atoms with E-state index in [0.717, 1.165) is 15.9 Å². The number of carbonyl (C=O) groups excluding carboxylic acids is 1. The minimum Gasteiger partial charge on any atom is -0.378 e. The van der Waals surface area contributed by atoms with Crippen LogP contribution in [0.3, 0.4) is 0 Å². The van der Waals surface area contributed by atoms with Gasteiger partial charge in [-0.05, 0) is 47.9 Å². The summed E-state index contributed by atoms with van der Waals surface area (Å²) in [5.41, 5.74) is 4.01. The summed E-state index contributed by atoms with van der Waals surface area (Å²) < 4.78 is 3.18. The minimum atomic E-state index is -0.228. The van der Waals surface area contributed by atoms with Gasteiger partial charge in [-0.2, -0.15) is 4.99 Å². The molecule has 0 radical (unpaired) electrons. The molecule has 3 aromatic rings. The van der Waals surface area contributed by atoms with Crippen molar-refractivity contribution in [1.29, 1.82) is 0 Å². The molecule has 140 valence electrons. The highest BCUT2D eigenvalue weighted by Crippen LogP contribution is 2.23. The smallest absolute Gasteiger partial charge is 0.279 e. The second kappa shape index (κ2) is 7.92. The van der Waals surface area contributed by atoms with Gasteiger partial charge in [0, 0.05) is 31.9 Å². The van der Waals surface area contributed by atoms with Crippen molar-refractivity contribution >= 4 is 33.1 Å². The molecule has 0 aliphatic carbocycles. The van der Waals surface area contributed by atoms with E-state index in [1.54, 1.807) is 11.3 Å². The molecule has 3 rings (SSSR count). The normalized spacial score (nSPS) is 12.0. The highest BCUT2D eigenvalue weighted by atomic mass is 32.1. The lowest BCUT2D eigenvalue weighted by Gasteiger charge is -2.11. The summed E-state index contributed by atoms with van der Waals surface area (Å²) in [7, 11) is 3.95. The summed E-state index contributed by atoms with van der Waals surface area (Å²) >= 11 is 1.55. The number of carbonyl (C=O) groups is 1. The van der Waals surface area contributed by atoms with E-state index in [1.165, 1.54) is 5.56 Å². The fourth-order valence-electron chi connectivity index (χ4n) is 2.89. The average Bonchev–Trinajstić information content (AvgIpc) is 2.98. The second-order valence-corrected chi connectivity index (χ2v) is 8.03. The summed E-state index contributed by atoms with van der Waals surface area (Å²) in [5, 5.41) is 0. The SMILES string of the molecule is C=CCn1c(=NC(=O)c2ccc(N(C)C)cc2)sc2cc(C(C)C)ccc21. The van der Waals surface area contributed by atoms with Crippen LogP contribution in [0.2, 0.25) is 0 Å². The molecule has 5 heteroatoms. The first-order valence-electron chi connectivity index (χ1n) is 9.01. The molecule has 0 saturated heterocycles. The highest BCUT2D eigenvalue weighted by molar-refractivity contribution is 7.16. The maximum absolute atomic E-state index is 12.7.